The molecular formula is C16H24O5. The van der Waals surface area contributed by atoms with Gasteiger partial charge in [0, 0.05) is 18.3 Å². The number of Topliss-reactive ketones (excluding diaryl/α,β-unsaturated/α-hetero) is 1. The Balaban J connectivity index is 4.38. The summed E-state index contributed by atoms with van der Waals surface area (Å²) in [4.78, 5) is 34.7. The molecular weight excluding hydrogens is 272 g/mol. The van der Waals surface area contributed by atoms with Crippen LogP contribution >= 0.6 is 0 Å². The zero-order chi connectivity index (χ0) is 16.3. The van der Waals surface area contributed by atoms with Crippen LogP contribution in [0.15, 0.2) is 25.3 Å². The van der Waals surface area contributed by atoms with Gasteiger partial charge in [0.25, 0.3) is 0 Å². The summed E-state index contributed by atoms with van der Waals surface area (Å²) in [6.45, 7) is 10.4. The normalized spacial score (nSPS) is 10.6. The van der Waals surface area contributed by atoms with Gasteiger partial charge in [-0.1, -0.05) is 32.2 Å². The first-order chi connectivity index (χ1) is 9.85. The average Bonchev–Trinajstić information content (AvgIpc) is 2.46. The van der Waals surface area contributed by atoms with Crippen LogP contribution in [-0.2, 0) is 23.9 Å². The van der Waals surface area contributed by atoms with E-state index in [1.807, 2.05) is 0 Å². The number of carbonyl (C=O) groups excluding carboxylic acids is 3. The molecule has 0 aliphatic rings. The fraction of sp³-hybridized carbons (Fsp3) is 0.562. The summed E-state index contributed by atoms with van der Waals surface area (Å²) in [5.41, 5.74) is -0.736. The molecule has 5 nitrogen and oxygen atoms in total. The minimum Gasteiger partial charge on any atom is -0.461 e. The van der Waals surface area contributed by atoms with Crippen molar-refractivity contribution in [2.45, 2.75) is 39.5 Å². The van der Waals surface area contributed by atoms with E-state index in [4.69, 9.17) is 9.47 Å². The van der Waals surface area contributed by atoms with E-state index in [1.54, 1.807) is 6.92 Å². The number of ether oxygens (including phenoxy) is 2. The molecule has 0 saturated heterocycles. The van der Waals surface area contributed by atoms with Gasteiger partial charge in [0.15, 0.2) is 0 Å². The van der Waals surface area contributed by atoms with E-state index in [-0.39, 0.29) is 43.8 Å². The molecule has 0 heterocycles. The van der Waals surface area contributed by atoms with E-state index in [2.05, 4.69) is 13.2 Å². The van der Waals surface area contributed by atoms with Crippen LogP contribution in [0.25, 0.3) is 0 Å². The van der Waals surface area contributed by atoms with Crippen LogP contribution in [-0.4, -0.2) is 30.9 Å². The average molecular weight is 296 g/mol. The van der Waals surface area contributed by atoms with Gasteiger partial charge in [0.05, 0.1) is 0 Å². The molecule has 0 bridgehead atoms. The predicted molar refractivity (Wildman–Crippen MR) is 79.6 cm³/mol. The highest BCUT2D eigenvalue weighted by Gasteiger charge is 2.31. The lowest BCUT2D eigenvalue weighted by atomic mass is 9.78. The fourth-order valence-electron chi connectivity index (χ4n) is 1.68. The maximum Gasteiger partial charge on any atom is 0.306 e. The number of hydrogen-bond acceptors (Lipinski definition) is 5. The van der Waals surface area contributed by atoms with Crippen LogP contribution < -0.4 is 0 Å². The first-order valence-electron chi connectivity index (χ1n) is 6.90. The SMILES string of the molecule is C=CCOC(=O)CCC(C)(CCC(=O)OCC=C)C(C)=O. The minimum absolute atomic E-state index is 0.0597. The molecule has 0 radical (unpaired) electrons. The Labute approximate surface area is 126 Å². The lowest BCUT2D eigenvalue weighted by molar-refractivity contribution is -0.144. The van der Waals surface area contributed by atoms with Gasteiger partial charge in [-0.3, -0.25) is 14.4 Å². The molecule has 21 heavy (non-hydrogen) atoms. The number of esters is 2. The van der Waals surface area contributed by atoms with Crippen molar-refractivity contribution in [2.24, 2.45) is 5.41 Å². The third-order valence-corrected chi connectivity index (χ3v) is 3.34. The fourth-order valence-corrected chi connectivity index (χ4v) is 1.68. The molecule has 0 aromatic rings. The summed E-state index contributed by atoms with van der Waals surface area (Å²) in [6, 6.07) is 0. The van der Waals surface area contributed by atoms with E-state index in [9.17, 15) is 14.4 Å². The van der Waals surface area contributed by atoms with Crippen LogP contribution in [0.5, 0.6) is 0 Å². The molecule has 0 unspecified atom stereocenters. The van der Waals surface area contributed by atoms with Crippen molar-refractivity contribution in [3.63, 3.8) is 0 Å². The molecule has 0 spiro atoms. The Bertz CT molecular complexity index is 369. The van der Waals surface area contributed by atoms with E-state index >= 15 is 0 Å². The van der Waals surface area contributed by atoms with Crippen LogP contribution in [0.1, 0.15) is 39.5 Å². The van der Waals surface area contributed by atoms with E-state index in [0.717, 1.165) is 0 Å². The van der Waals surface area contributed by atoms with Gasteiger partial charge < -0.3 is 9.47 Å². The summed E-state index contributed by atoms with van der Waals surface area (Å²) in [7, 11) is 0. The smallest absolute Gasteiger partial charge is 0.306 e. The molecule has 0 aliphatic carbocycles. The first-order valence-corrected chi connectivity index (χ1v) is 6.90. The third-order valence-electron chi connectivity index (χ3n) is 3.34. The summed E-state index contributed by atoms with van der Waals surface area (Å²) in [6.07, 6.45) is 3.91. The first kappa shape index (κ1) is 19.1. The molecule has 0 fully saturated rings. The zero-order valence-corrected chi connectivity index (χ0v) is 12.9. The van der Waals surface area contributed by atoms with Gasteiger partial charge in [0.2, 0.25) is 0 Å². The largest absolute Gasteiger partial charge is 0.461 e. The summed E-state index contributed by atoms with van der Waals surface area (Å²) >= 11 is 0. The highest BCUT2D eigenvalue weighted by molar-refractivity contribution is 5.83. The maximum atomic E-state index is 11.8. The standard InChI is InChI=1S/C16H24O5/c1-5-11-20-14(18)7-9-16(4,13(3)17)10-8-15(19)21-12-6-2/h5-6H,1-2,7-12H2,3-4H3. The molecule has 0 saturated carbocycles. The number of rotatable bonds is 11. The van der Waals surface area contributed by atoms with E-state index in [1.165, 1.54) is 19.1 Å². The molecule has 0 aliphatic heterocycles. The number of carbonyl (C=O) groups is 3. The van der Waals surface area contributed by atoms with Crippen molar-refractivity contribution in [2.75, 3.05) is 13.2 Å². The highest BCUT2D eigenvalue weighted by Crippen LogP contribution is 2.30. The molecule has 0 rings (SSSR count). The van der Waals surface area contributed by atoms with Gasteiger partial charge in [-0.05, 0) is 19.8 Å². The summed E-state index contributed by atoms with van der Waals surface area (Å²) < 4.78 is 9.75. The molecule has 0 atom stereocenters. The Morgan fingerprint density at radius 3 is 1.62 bits per heavy atom. The van der Waals surface area contributed by atoms with Gasteiger partial charge in [0.1, 0.15) is 19.0 Å². The van der Waals surface area contributed by atoms with Gasteiger partial charge in [-0.15, -0.1) is 0 Å². The number of ketones is 1. The molecule has 0 amide bonds. The lowest BCUT2D eigenvalue weighted by Crippen LogP contribution is -2.28. The minimum atomic E-state index is -0.736. The monoisotopic (exact) mass is 296 g/mol. The van der Waals surface area contributed by atoms with Crippen molar-refractivity contribution in [1.82, 2.24) is 0 Å². The van der Waals surface area contributed by atoms with Crippen molar-refractivity contribution in [3.05, 3.63) is 25.3 Å². The molecule has 118 valence electrons. The molecule has 5 heteroatoms. The van der Waals surface area contributed by atoms with Crippen LogP contribution in [0, 0.1) is 5.41 Å². The van der Waals surface area contributed by atoms with Crippen LogP contribution in [0.2, 0.25) is 0 Å². The Morgan fingerprint density at radius 1 is 0.952 bits per heavy atom. The van der Waals surface area contributed by atoms with Gasteiger partial charge >= 0.3 is 11.9 Å². The van der Waals surface area contributed by atoms with Crippen molar-refractivity contribution >= 4 is 17.7 Å². The maximum absolute atomic E-state index is 11.8. The lowest BCUT2D eigenvalue weighted by Gasteiger charge is -2.25. The highest BCUT2D eigenvalue weighted by atomic mass is 16.5. The van der Waals surface area contributed by atoms with Crippen molar-refractivity contribution in [3.8, 4) is 0 Å². The Morgan fingerprint density at radius 2 is 1.33 bits per heavy atom. The van der Waals surface area contributed by atoms with E-state index < -0.39 is 5.41 Å². The number of hydrogen-bond donors (Lipinski definition) is 0. The second-order valence-electron chi connectivity index (χ2n) is 5.06. The Kier molecular flexibility index (Phi) is 9.01. The van der Waals surface area contributed by atoms with Crippen molar-refractivity contribution in [1.29, 1.82) is 0 Å². The molecule has 0 N–H and O–H groups in total. The van der Waals surface area contributed by atoms with Crippen LogP contribution in [0.3, 0.4) is 0 Å². The summed E-state index contributed by atoms with van der Waals surface area (Å²) in [5.74, 6) is -0.816. The second-order valence-corrected chi connectivity index (χ2v) is 5.06. The quantitative estimate of drug-likeness (QED) is 0.433. The van der Waals surface area contributed by atoms with E-state index in [0.29, 0.717) is 12.8 Å². The topological polar surface area (TPSA) is 69.7 Å². The zero-order valence-electron chi connectivity index (χ0n) is 12.9. The van der Waals surface area contributed by atoms with Gasteiger partial charge in [-0.25, -0.2) is 0 Å². The van der Waals surface area contributed by atoms with Crippen LogP contribution in [0.4, 0.5) is 0 Å². The third kappa shape index (κ3) is 8.07. The summed E-state index contributed by atoms with van der Waals surface area (Å²) in [5, 5.41) is 0. The predicted octanol–water partition coefficient (Wildman–Crippen LogP) is 2.60. The second kappa shape index (κ2) is 9.91. The van der Waals surface area contributed by atoms with Gasteiger partial charge in [-0.2, -0.15) is 0 Å². The van der Waals surface area contributed by atoms with Crippen molar-refractivity contribution < 1.29 is 23.9 Å². The molecule has 0 aromatic carbocycles. The molecule has 0 aromatic heterocycles. The Hall–Kier alpha value is -1.91.